The van der Waals surface area contributed by atoms with Gasteiger partial charge in [-0.3, -0.25) is 14.4 Å². The lowest BCUT2D eigenvalue weighted by molar-refractivity contribution is -0.145. The first-order valence-electron chi connectivity index (χ1n) is 19.1. The normalized spacial score (nSPS) is 12.3. The molecule has 0 bridgehead atoms. The zero-order valence-electron chi connectivity index (χ0n) is 31.8. The number of hydrogen-bond donors (Lipinski definition) is 4. The van der Waals surface area contributed by atoms with Crippen LogP contribution in [-0.2, 0) is 43.5 Å². The van der Waals surface area contributed by atoms with Crippen LogP contribution in [0.1, 0.15) is 74.5 Å². The molecule has 3 amide bonds. The maximum absolute atomic E-state index is 13.5. The summed E-state index contributed by atoms with van der Waals surface area (Å²) in [5.74, 6) is -1.11. The van der Waals surface area contributed by atoms with Crippen LogP contribution in [0.4, 0.5) is 4.79 Å². The molecule has 11 nitrogen and oxygen atoms in total. The SMILES string of the molecule is C=CCCCCC(=O)OC[C@H](CCCCNC(=O)OCc1ccccc1)NC(=O)[C@@H](CC=C)CC(=O)N[C@H](CO)Cc1ccc(OCc2ccccc2)cc1. The number of aliphatic hydroxyl groups excluding tert-OH is 1. The third-order valence-electron chi connectivity index (χ3n) is 8.79. The average Bonchev–Trinajstić information content (AvgIpc) is 3.20. The Balaban J connectivity index is 1.49. The molecule has 0 heterocycles. The standard InChI is InChI=1S/C44H57N3O8/c1-3-5-6-13-22-42(50)54-33-38(21-14-15-27-45-44(52)55-32-36-19-11-8-12-20-36)47-43(51)37(16-4-2)29-41(49)46-39(30-48)28-34-23-25-40(26-24-34)53-31-35-17-9-7-10-18-35/h3-4,7-12,17-20,23-26,37-39,48H,1-2,5-6,13-16,21-22,27-33H2,(H,45,52)(H,46,49)(H,47,51)/t37-,38-,39-/m0/s1. The lowest BCUT2D eigenvalue weighted by Gasteiger charge is -2.23. The van der Waals surface area contributed by atoms with Crippen LogP contribution in [0.15, 0.2) is 110 Å². The number of nitrogens with one attached hydrogen (secondary N) is 3. The minimum Gasteiger partial charge on any atom is -0.489 e. The first-order valence-corrected chi connectivity index (χ1v) is 19.1. The molecule has 55 heavy (non-hydrogen) atoms. The second-order valence-electron chi connectivity index (χ2n) is 13.4. The number of rotatable bonds is 27. The van der Waals surface area contributed by atoms with Crippen molar-refractivity contribution in [3.63, 3.8) is 0 Å². The van der Waals surface area contributed by atoms with Crippen molar-refractivity contribution in [3.05, 3.63) is 127 Å². The van der Waals surface area contributed by atoms with Crippen molar-refractivity contribution in [2.75, 3.05) is 19.8 Å². The highest BCUT2D eigenvalue weighted by molar-refractivity contribution is 5.86. The topological polar surface area (TPSA) is 152 Å². The van der Waals surface area contributed by atoms with Gasteiger partial charge in [0.15, 0.2) is 0 Å². The van der Waals surface area contributed by atoms with Crippen molar-refractivity contribution in [3.8, 4) is 5.75 Å². The highest BCUT2D eigenvalue weighted by Gasteiger charge is 2.25. The number of esters is 1. The first kappa shape index (κ1) is 44.0. The molecule has 0 radical (unpaired) electrons. The fraction of sp³-hybridized carbons (Fsp3) is 0.409. The van der Waals surface area contributed by atoms with Crippen LogP contribution in [0, 0.1) is 5.92 Å². The van der Waals surface area contributed by atoms with Crippen molar-refractivity contribution in [2.24, 2.45) is 5.92 Å². The van der Waals surface area contributed by atoms with Crippen molar-refractivity contribution in [2.45, 2.75) is 89.5 Å². The van der Waals surface area contributed by atoms with Gasteiger partial charge in [-0.1, -0.05) is 84.9 Å². The highest BCUT2D eigenvalue weighted by Crippen LogP contribution is 2.17. The van der Waals surface area contributed by atoms with Crippen LogP contribution >= 0.6 is 0 Å². The highest BCUT2D eigenvalue weighted by atomic mass is 16.5. The summed E-state index contributed by atoms with van der Waals surface area (Å²) in [5.41, 5.74) is 2.86. The van der Waals surface area contributed by atoms with E-state index in [1.807, 2.05) is 84.9 Å². The van der Waals surface area contributed by atoms with Gasteiger partial charge in [0, 0.05) is 19.4 Å². The number of alkyl carbamates (subject to hydrolysis) is 1. The lowest BCUT2D eigenvalue weighted by Crippen LogP contribution is -2.45. The molecule has 3 aromatic carbocycles. The van der Waals surface area contributed by atoms with E-state index >= 15 is 0 Å². The molecule has 0 spiro atoms. The number of ether oxygens (including phenoxy) is 3. The van der Waals surface area contributed by atoms with Gasteiger partial charge in [-0.2, -0.15) is 0 Å². The molecular weight excluding hydrogens is 698 g/mol. The lowest BCUT2D eigenvalue weighted by atomic mass is 9.98. The molecule has 3 aromatic rings. The van der Waals surface area contributed by atoms with E-state index in [0.717, 1.165) is 29.5 Å². The van der Waals surface area contributed by atoms with E-state index in [0.29, 0.717) is 51.0 Å². The molecule has 0 aliphatic rings. The van der Waals surface area contributed by atoms with Crippen molar-refractivity contribution in [1.82, 2.24) is 16.0 Å². The van der Waals surface area contributed by atoms with Crippen LogP contribution in [0.5, 0.6) is 5.75 Å². The van der Waals surface area contributed by atoms with E-state index in [1.54, 1.807) is 12.2 Å². The van der Waals surface area contributed by atoms with Crippen LogP contribution < -0.4 is 20.7 Å². The minimum atomic E-state index is -0.726. The van der Waals surface area contributed by atoms with Gasteiger partial charge >= 0.3 is 12.1 Å². The van der Waals surface area contributed by atoms with E-state index in [4.69, 9.17) is 14.2 Å². The molecule has 0 aliphatic carbocycles. The number of allylic oxidation sites excluding steroid dienone is 2. The summed E-state index contributed by atoms with van der Waals surface area (Å²) in [7, 11) is 0. The van der Waals surface area contributed by atoms with Crippen LogP contribution in [0.2, 0.25) is 0 Å². The Hall–Kier alpha value is -5.42. The van der Waals surface area contributed by atoms with Crippen LogP contribution in [0.3, 0.4) is 0 Å². The maximum atomic E-state index is 13.5. The number of carbonyl (C=O) groups is 4. The number of benzene rings is 3. The zero-order valence-corrected chi connectivity index (χ0v) is 31.8. The van der Waals surface area contributed by atoms with Gasteiger partial charge in [-0.05, 0) is 80.2 Å². The third-order valence-corrected chi connectivity index (χ3v) is 8.79. The Morgan fingerprint density at radius 1 is 0.727 bits per heavy atom. The summed E-state index contributed by atoms with van der Waals surface area (Å²) in [6, 6.07) is 25.7. The van der Waals surface area contributed by atoms with Gasteiger partial charge < -0.3 is 35.3 Å². The number of carbonyl (C=O) groups excluding carboxylic acids is 4. The molecule has 296 valence electrons. The fourth-order valence-corrected chi connectivity index (χ4v) is 5.72. The second kappa shape index (κ2) is 26.4. The van der Waals surface area contributed by atoms with Gasteiger partial charge in [-0.25, -0.2) is 4.79 Å². The Morgan fingerprint density at radius 2 is 1.42 bits per heavy atom. The number of aliphatic hydroxyl groups is 1. The molecular formula is C44H57N3O8. The molecule has 11 heteroatoms. The Labute approximate surface area is 325 Å². The van der Waals surface area contributed by atoms with Crippen molar-refractivity contribution >= 4 is 23.9 Å². The number of amides is 3. The summed E-state index contributed by atoms with van der Waals surface area (Å²) in [6.45, 7) is 8.16. The first-order chi connectivity index (χ1) is 26.8. The molecule has 0 saturated heterocycles. The number of hydrogen-bond acceptors (Lipinski definition) is 8. The smallest absolute Gasteiger partial charge is 0.407 e. The van der Waals surface area contributed by atoms with Gasteiger partial charge in [0.25, 0.3) is 0 Å². The van der Waals surface area contributed by atoms with E-state index in [9.17, 15) is 24.3 Å². The van der Waals surface area contributed by atoms with Crippen molar-refractivity contribution in [1.29, 1.82) is 0 Å². The molecule has 0 unspecified atom stereocenters. The van der Waals surface area contributed by atoms with Gasteiger partial charge in [0.2, 0.25) is 11.8 Å². The van der Waals surface area contributed by atoms with E-state index in [2.05, 4.69) is 29.1 Å². The summed E-state index contributed by atoms with van der Waals surface area (Å²) in [5, 5.41) is 18.6. The average molecular weight is 756 g/mol. The van der Waals surface area contributed by atoms with Gasteiger partial charge in [0.1, 0.15) is 25.6 Å². The molecule has 0 aromatic heterocycles. The van der Waals surface area contributed by atoms with E-state index < -0.39 is 24.1 Å². The van der Waals surface area contributed by atoms with Gasteiger partial charge in [-0.15, -0.1) is 13.2 Å². The Morgan fingerprint density at radius 3 is 2.07 bits per heavy atom. The monoisotopic (exact) mass is 755 g/mol. The Kier molecular flexibility index (Phi) is 21.1. The van der Waals surface area contributed by atoms with Crippen LogP contribution in [-0.4, -0.2) is 60.8 Å². The van der Waals surface area contributed by atoms with Crippen LogP contribution in [0.25, 0.3) is 0 Å². The summed E-state index contributed by atoms with van der Waals surface area (Å²) in [4.78, 5) is 51.3. The van der Waals surface area contributed by atoms with Crippen molar-refractivity contribution < 1.29 is 38.5 Å². The number of unbranched alkanes of at least 4 members (excludes halogenated alkanes) is 3. The molecule has 4 N–H and O–H groups in total. The third kappa shape index (κ3) is 19.0. The summed E-state index contributed by atoms with van der Waals surface area (Å²) in [6.07, 6.45) is 7.68. The van der Waals surface area contributed by atoms with E-state index in [-0.39, 0.29) is 56.9 Å². The fourth-order valence-electron chi connectivity index (χ4n) is 5.72. The predicted octanol–water partition coefficient (Wildman–Crippen LogP) is 6.74. The molecule has 0 aliphatic heterocycles. The summed E-state index contributed by atoms with van der Waals surface area (Å²) >= 11 is 0. The van der Waals surface area contributed by atoms with Gasteiger partial charge in [0.05, 0.1) is 24.6 Å². The predicted molar refractivity (Wildman–Crippen MR) is 213 cm³/mol. The Bertz CT molecular complexity index is 1580. The molecule has 3 atom stereocenters. The second-order valence-corrected chi connectivity index (χ2v) is 13.4. The quantitative estimate of drug-likeness (QED) is 0.0380. The zero-order chi connectivity index (χ0) is 39.5. The maximum Gasteiger partial charge on any atom is 0.407 e. The molecule has 3 rings (SSSR count). The minimum absolute atomic E-state index is 0.0196. The summed E-state index contributed by atoms with van der Waals surface area (Å²) < 4.78 is 16.7. The largest absolute Gasteiger partial charge is 0.489 e. The molecule has 0 fully saturated rings. The molecule has 0 saturated carbocycles. The van der Waals surface area contributed by atoms with E-state index in [1.165, 1.54) is 0 Å².